The molecule has 126 valence electrons. The van der Waals surface area contributed by atoms with Gasteiger partial charge in [0.1, 0.15) is 12.2 Å². The van der Waals surface area contributed by atoms with Crippen molar-refractivity contribution < 1.29 is 13.9 Å². The predicted octanol–water partition coefficient (Wildman–Crippen LogP) is 1.35. The number of carbonyl (C=O) groups is 1. The zero-order chi connectivity index (χ0) is 16.3. The SMILES string of the molecule is CNC(=O)C(N)(CF)CCN.COC1CCCC(C)CC1. The van der Waals surface area contributed by atoms with Gasteiger partial charge in [-0.1, -0.05) is 19.8 Å². The number of hydrogen-bond donors (Lipinski definition) is 3. The van der Waals surface area contributed by atoms with Gasteiger partial charge in [0.05, 0.1) is 6.10 Å². The number of nitrogens with two attached hydrogens (primary N) is 2. The molecule has 5 N–H and O–H groups in total. The molecule has 1 fully saturated rings. The smallest absolute Gasteiger partial charge is 0.242 e. The summed E-state index contributed by atoms with van der Waals surface area (Å²) in [6.45, 7) is 1.66. The van der Waals surface area contributed by atoms with Crippen molar-refractivity contribution >= 4 is 5.91 Å². The molecule has 0 radical (unpaired) electrons. The maximum atomic E-state index is 12.2. The van der Waals surface area contributed by atoms with Gasteiger partial charge in [-0.05, 0) is 38.1 Å². The number of rotatable bonds is 5. The Bertz CT molecular complexity index is 292. The third-order valence-electron chi connectivity index (χ3n) is 4.05. The molecule has 3 unspecified atom stereocenters. The van der Waals surface area contributed by atoms with E-state index in [9.17, 15) is 9.18 Å². The van der Waals surface area contributed by atoms with Crippen LogP contribution in [0.3, 0.4) is 0 Å². The van der Waals surface area contributed by atoms with Crippen LogP contribution in [0.5, 0.6) is 0 Å². The molecule has 1 aliphatic carbocycles. The van der Waals surface area contributed by atoms with E-state index in [0.717, 1.165) is 5.92 Å². The normalized spacial score (nSPS) is 25.0. The number of carbonyl (C=O) groups excluding carboxylic acids is 1. The highest BCUT2D eigenvalue weighted by atomic mass is 19.1. The standard InChI is InChI=1S/C9H18O.C6H14FN3O/c1-8-4-3-5-9(10-2)7-6-8;1-10-5(11)6(9,4-7)2-3-8/h8-9H,3-7H2,1-2H3;2-4,8-9H2,1H3,(H,10,11). The Morgan fingerprint density at radius 1 is 1.38 bits per heavy atom. The summed E-state index contributed by atoms with van der Waals surface area (Å²) in [7, 11) is 3.25. The highest BCUT2D eigenvalue weighted by Crippen LogP contribution is 2.23. The van der Waals surface area contributed by atoms with Crippen LogP contribution in [-0.4, -0.2) is 44.9 Å². The maximum Gasteiger partial charge on any atom is 0.242 e. The lowest BCUT2D eigenvalue weighted by atomic mass is 9.97. The number of hydrogen-bond acceptors (Lipinski definition) is 4. The van der Waals surface area contributed by atoms with Gasteiger partial charge in [0.25, 0.3) is 0 Å². The average molecular weight is 305 g/mol. The van der Waals surface area contributed by atoms with Crippen LogP contribution in [0.4, 0.5) is 4.39 Å². The summed E-state index contributed by atoms with van der Waals surface area (Å²) in [6, 6.07) is 0. The fourth-order valence-electron chi connectivity index (χ4n) is 2.44. The van der Waals surface area contributed by atoms with Crippen molar-refractivity contribution in [1.29, 1.82) is 0 Å². The Hall–Kier alpha value is -0.720. The molecule has 1 saturated carbocycles. The molecular weight excluding hydrogens is 273 g/mol. The highest BCUT2D eigenvalue weighted by Gasteiger charge is 2.32. The largest absolute Gasteiger partial charge is 0.381 e. The number of likely N-dealkylation sites (N-methyl/N-ethyl adjacent to an activating group) is 1. The molecule has 5 nitrogen and oxygen atoms in total. The van der Waals surface area contributed by atoms with Gasteiger partial charge in [0.15, 0.2) is 0 Å². The third kappa shape index (κ3) is 7.74. The number of ether oxygens (including phenoxy) is 1. The summed E-state index contributed by atoms with van der Waals surface area (Å²) in [6.07, 6.45) is 7.39. The van der Waals surface area contributed by atoms with Gasteiger partial charge in [-0.15, -0.1) is 0 Å². The van der Waals surface area contributed by atoms with Crippen molar-refractivity contribution in [3.63, 3.8) is 0 Å². The van der Waals surface area contributed by atoms with Gasteiger partial charge in [-0.3, -0.25) is 4.79 Å². The first-order chi connectivity index (χ1) is 9.93. The summed E-state index contributed by atoms with van der Waals surface area (Å²) >= 11 is 0. The lowest BCUT2D eigenvalue weighted by Crippen LogP contribution is -2.56. The zero-order valence-corrected chi connectivity index (χ0v) is 13.7. The fourth-order valence-corrected chi connectivity index (χ4v) is 2.44. The van der Waals surface area contributed by atoms with E-state index >= 15 is 0 Å². The number of halogens is 1. The van der Waals surface area contributed by atoms with E-state index < -0.39 is 18.1 Å². The number of methoxy groups -OCH3 is 1. The van der Waals surface area contributed by atoms with Crippen molar-refractivity contribution in [2.45, 2.75) is 57.1 Å². The molecule has 3 atom stereocenters. The first kappa shape index (κ1) is 20.3. The number of nitrogens with one attached hydrogen (secondary N) is 1. The number of alkyl halides is 1. The Morgan fingerprint density at radius 2 is 2.05 bits per heavy atom. The molecule has 0 bridgehead atoms. The molecule has 0 aromatic carbocycles. The van der Waals surface area contributed by atoms with Crippen LogP contribution in [-0.2, 0) is 9.53 Å². The van der Waals surface area contributed by atoms with Crippen molar-refractivity contribution in [2.75, 3.05) is 27.4 Å². The van der Waals surface area contributed by atoms with Crippen LogP contribution in [0.1, 0.15) is 45.4 Å². The zero-order valence-electron chi connectivity index (χ0n) is 13.7. The molecular formula is C15H32FN3O2. The van der Waals surface area contributed by atoms with Crippen molar-refractivity contribution in [2.24, 2.45) is 17.4 Å². The monoisotopic (exact) mass is 305 g/mol. The first-order valence-corrected chi connectivity index (χ1v) is 7.73. The fraction of sp³-hybridized carbons (Fsp3) is 0.933. The Balaban J connectivity index is 0.000000382. The maximum absolute atomic E-state index is 12.2. The molecule has 21 heavy (non-hydrogen) atoms. The second-order valence-corrected chi connectivity index (χ2v) is 5.88. The van der Waals surface area contributed by atoms with Gasteiger partial charge in [0, 0.05) is 14.2 Å². The van der Waals surface area contributed by atoms with Crippen molar-refractivity contribution in [1.82, 2.24) is 5.32 Å². The molecule has 1 rings (SSSR count). The van der Waals surface area contributed by atoms with Crippen LogP contribution in [0.25, 0.3) is 0 Å². The molecule has 1 aliphatic rings. The first-order valence-electron chi connectivity index (χ1n) is 7.73. The van der Waals surface area contributed by atoms with Crippen molar-refractivity contribution in [3.8, 4) is 0 Å². The third-order valence-corrected chi connectivity index (χ3v) is 4.05. The minimum Gasteiger partial charge on any atom is -0.381 e. The second-order valence-electron chi connectivity index (χ2n) is 5.88. The summed E-state index contributed by atoms with van der Waals surface area (Å²) in [5, 5.41) is 2.28. The number of amides is 1. The predicted molar refractivity (Wildman–Crippen MR) is 83.7 cm³/mol. The van der Waals surface area contributed by atoms with Gasteiger partial charge in [-0.25, -0.2) is 4.39 Å². The highest BCUT2D eigenvalue weighted by molar-refractivity contribution is 5.85. The lowest BCUT2D eigenvalue weighted by Gasteiger charge is -2.22. The second kappa shape index (κ2) is 10.9. The van der Waals surface area contributed by atoms with Crippen LogP contribution >= 0.6 is 0 Å². The molecule has 0 heterocycles. The molecule has 6 heteroatoms. The topological polar surface area (TPSA) is 90.4 Å². The van der Waals surface area contributed by atoms with E-state index in [1.54, 1.807) is 0 Å². The Morgan fingerprint density at radius 3 is 2.52 bits per heavy atom. The minimum absolute atomic E-state index is 0.156. The van der Waals surface area contributed by atoms with Crippen LogP contribution in [0.2, 0.25) is 0 Å². The van der Waals surface area contributed by atoms with Crippen molar-refractivity contribution in [3.05, 3.63) is 0 Å². The Labute approximate surface area is 128 Å². The minimum atomic E-state index is -1.44. The van der Waals surface area contributed by atoms with E-state index in [-0.39, 0.29) is 13.0 Å². The average Bonchev–Trinajstić information content (AvgIpc) is 2.71. The summed E-state index contributed by atoms with van der Waals surface area (Å²) in [4.78, 5) is 10.9. The van der Waals surface area contributed by atoms with E-state index in [1.165, 1.54) is 39.2 Å². The summed E-state index contributed by atoms with van der Waals surface area (Å²) < 4.78 is 17.5. The van der Waals surface area contributed by atoms with Crippen LogP contribution in [0.15, 0.2) is 0 Å². The van der Waals surface area contributed by atoms with Gasteiger partial charge in [0.2, 0.25) is 5.91 Å². The van der Waals surface area contributed by atoms with Gasteiger partial charge < -0.3 is 21.5 Å². The van der Waals surface area contributed by atoms with Crippen LogP contribution < -0.4 is 16.8 Å². The van der Waals surface area contributed by atoms with Gasteiger partial charge in [-0.2, -0.15) is 0 Å². The molecule has 0 saturated heterocycles. The van der Waals surface area contributed by atoms with E-state index in [2.05, 4.69) is 12.2 Å². The van der Waals surface area contributed by atoms with E-state index in [1.807, 2.05) is 7.11 Å². The quantitative estimate of drug-likeness (QED) is 0.669. The van der Waals surface area contributed by atoms with E-state index in [4.69, 9.17) is 16.2 Å². The van der Waals surface area contributed by atoms with Gasteiger partial charge >= 0.3 is 0 Å². The molecule has 0 aromatic heterocycles. The molecule has 0 aliphatic heterocycles. The Kier molecular flexibility index (Phi) is 10.6. The molecule has 0 aromatic rings. The lowest BCUT2D eigenvalue weighted by molar-refractivity contribution is -0.126. The van der Waals surface area contributed by atoms with E-state index in [0.29, 0.717) is 6.10 Å². The molecule has 0 spiro atoms. The summed E-state index contributed by atoms with van der Waals surface area (Å²) in [5.74, 6) is 0.422. The van der Waals surface area contributed by atoms with Crippen LogP contribution in [0, 0.1) is 5.92 Å². The summed E-state index contributed by atoms with van der Waals surface area (Å²) in [5.41, 5.74) is 9.11. The molecule has 1 amide bonds.